The van der Waals surface area contributed by atoms with Crippen molar-refractivity contribution in [3.8, 4) is 0 Å². The smallest absolute Gasteiger partial charge is 0.308 e. The molecule has 0 aliphatic carbocycles. The van der Waals surface area contributed by atoms with Crippen molar-refractivity contribution in [3.05, 3.63) is 71.8 Å². The number of esters is 1. The van der Waals surface area contributed by atoms with Gasteiger partial charge in [-0.3, -0.25) is 9.69 Å². The van der Waals surface area contributed by atoms with Crippen LogP contribution in [0, 0.1) is 0 Å². The summed E-state index contributed by atoms with van der Waals surface area (Å²) in [6, 6.07) is 20.6. The molecule has 0 radical (unpaired) electrons. The quantitative estimate of drug-likeness (QED) is 0.467. The molecule has 180 valence electrons. The molecule has 0 unspecified atom stereocenters. The molecule has 2 aromatic rings. The number of benzene rings is 2. The molecule has 0 saturated carbocycles. The lowest BCUT2D eigenvalue weighted by atomic mass is 9.96. The maximum atomic E-state index is 13.1. The first-order valence-electron chi connectivity index (χ1n) is 11.9. The van der Waals surface area contributed by atoms with Gasteiger partial charge in [-0.1, -0.05) is 60.7 Å². The van der Waals surface area contributed by atoms with Gasteiger partial charge in [0.15, 0.2) is 5.79 Å². The number of carbonyl (C=O) groups is 1. The number of nitrogens with zero attached hydrogens (tertiary/aromatic N) is 1. The number of hydrogen-bond donors (Lipinski definition) is 0. The van der Waals surface area contributed by atoms with Crippen LogP contribution < -0.4 is 0 Å². The molecule has 33 heavy (non-hydrogen) atoms. The molecule has 5 nitrogen and oxygen atoms in total. The van der Waals surface area contributed by atoms with Crippen LogP contribution in [-0.4, -0.2) is 40.5 Å². The monoisotopic (exact) mass is 453 g/mol. The average molecular weight is 454 g/mol. The lowest BCUT2D eigenvalue weighted by Crippen LogP contribution is -2.49. The minimum Gasteiger partial charge on any atom is -0.460 e. The largest absolute Gasteiger partial charge is 0.460 e. The molecule has 1 fully saturated rings. The van der Waals surface area contributed by atoms with Gasteiger partial charge in [0, 0.05) is 18.6 Å². The summed E-state index contributed by atoms with van der Waals surface area (Å²) in [5, 5.41) is 0. The van der Waals surface area contributed by atoms with Crippen LogP contribution >= 0.6 is 0 Å². The van der Waals surface area contributed by atoms with E-state index in [0.717, 1.165) is 0 Å². The lowest BCUT2D eigenvalue weighted by molar-refractivity contribution is -0.165. The zero-order valence-electron chi connectivity index (χ0n) is 21.1. The zero-order valence-corrected chi connectivity index (χ0v) is 21.1. The summed E-state index contributed by atoms with van der Waals surface area (Å²) < 4.78 is 18.2. The van der Waals surface area contributed by atoms with Gasteiger partial charge in [-0.2, -0.15) is 0 Å². The van der Waals surface area contributed by atoms with E-state index in [1.165, 1.54) is 11.1 Å². The van der Waals surface area contributed by atoms with Crippen molar-refractivity contribution in [1.82, 2.24) is 4.90 Å². The summed E-state index contributed by atoms with van der Waals surface area (Å²) in [7, 11) is 0. The first-order chi connectivity index (χ1) is 15.5. The van der Waals surface area contributed by atoms with Gasteiger partial charge < -0.3 is 14.2 Å². The predicted octanol–water partition coefficient (Wildman–Crippen LogP) is 5.89. The van der Waals surface area contributed by atoms with Crippen LogP contribution in [0.4, 0.5) is 0 Å². The van der Waals surface area contributed by atoms with Crippen molar-refractivity contribution in [1.29, 1.82) is 0 Å². The van der Waals surface area contributed by atoms with Crippen molar-refractivity contribution in [2.24, 2.45) is 0 Å². The van der Waals surface area contributed by atoms with Gasteiger partial charge in [-0.25, -0.2) is 0 Å². The first-order valence-corrected chi connectivity index (χ1v) is 11.9. The Balaban J connectivity index is 2.00. The Kier molecular flexibility index (Phi) is 7.99. The highest BCUT2D eigenvalue weighted by Crippen LogP contribution is 2.36. The summed E-state index contributed by atoms with van der Waals surface area (Å²) >= 11 is 0. The fourth-order valence-electron chi connectivity index (χ4n) is 4.59. The Morgan fingerprint density at radius 1 is 1.03 bits per heavy atom. The highest BCUT2D eigenvalue weighted by atomic mass is 16.8. The van der Waals surface area contributed by atoms with E-state index >= 15 is 0 Å². The molecule has 5 heteroatoms. The van der Waals surface area contributed by atoms with E-state index in [9.17, 15) is 4.79 Å². The highest BCUT2D eigenvalue weighted by molar-refractivity contribution is 5.70. The molecule has 0 N–H and O–H groups in total. The van der Waals surface area contributed by atoms with Crippen LogP contribution in [0.5, 0.6) is 0 Å². The molecule has 0 amide bonds. The maximum Gasteiger partial charge on any atom is 0.308 e. The van der Waals surface area contributed by atoms with Gasteiger partial charge in [-0.05, 0) is 59.6 Å². The summed E-state index contributed by atoms with van der Waals surface area (Å²) in [5.41, 5.74) is 1.82. The topological polar surface area (TPSA) is 48.0 Å². The van der Waals surface area contributed by atoms with Crippen LogP contribution in [0.15, 0.2) is 60.7 Å². The van der Waals surface area contributed by atoms with Gasteiger partial charge in [0.25, 0.3) is 0 Å². The molecule has 0 bridgehead atoms. The van der Waals surface area contributed by atoms with Crippen molar-refractivity contribution in [2.45, 2.75) is 97.1 Å². The Hall–Kier alpha value is -2.21. The number of rotatable bonds is 8. The molecule has 1 heterocycles. The van der Waals surface area contributed by atoms with E-state index in [2.05, 4.69) is 48.2 Å². The minimum atomic E-state index is -0.704. The van der Waals surface area contributed by atoms with Crippen molar-refractivity contribution >= 4 is 5.97 Å². The maximum absolute atomic E-state index is 13.1. The minimum absolute atomic E-state index is 0.0540. The molecule has 0 aromatic heterocycles. The SMILES string of the molecule is C[C@@H]1OC(C)(C)O[C@H]1[C@H](CC(=O)OC(C)(C)C)N(Cc1ccccc1)[C@@H](C)c1ccccc1. The van der Waals surface area contributed by atoms with Crippen LogP contribution in [0.2, 0.25) is 0 Å². The summed E-state index contributed by atoms with van der Waals surface area (Å²) in [5.74, 6) is -0.934. The third-order valence-corrected chi connectivity index (χ3v) is 5.94. The predicted molar refractivity (Wildman–Crippen MR) is 131 cm³/mol. The molecule has 1 saturated heterocycles. The van der Waals surface area contributed by atoms with Crippen LogP contribution in [0.1, 0.15) is 72.1 Å². The second-order valence-electron chi connectivity index (χ2n) is 10.4. The van der Waals surface area contributed by atoms with E-state index in [4.69, 9.17) is 14.2 Å². The van der Waals surface area contributed by atoms with Crippen molar-refractivity contribution in [3.63, 3.8) is 0 Å². The molecule has 3 rings (SSSR count). The zero-order chi connectivity index (χ0) is 24.2. The summed E-state index contributed by atoms with van der Waals surface area (Å²) in [4.78, 5) is 15.4. The van der Waals surface area contributed by atoms with Crippen molar-refractivity contribution < 1.29 is 19.0 Å². The summed E-state index contributed by atoms with van der Waals surface area (Å²) in [6.07, 6.45) is -0.216. The van der Waals surface area contributed by atoms with Crippen LogP contribution in [0.25, 0.3) is 0 Å². The molecular weight excluding hydrogens is 414 g/mol. The van der Waals surface area contributed by atoms with Gasteiger partial charge in [-0.15, -0.1) is 0 Å². The highest BCUT2D eigenvalue weighted by Gasteiger charge is 2.46. The fourth-order valence-corrected chi connectivity index (χ4v) is 4.59. The molecule has 1 aliphatic rings. The Labute approximate surface area is 199 Å². The normalized spacial score (nSPS) is 22.2. The van der Waals surface area contributed by atoms with Crippen LogP contribution in [-0.2, 0) is 25.5 Å². The average Bonchev–Trinajstić information content (AvgIpc) is 3.02. The van der Waals surface area contributed by atoms with Crippen molar-refractivity contribution in [2.75, 3.05) is 0 Å². The molecule has 2 aromatic carbocycles. The van der Waals surface area contributed by atoms with E-state index in [0.29, 0.717) is 6.54 Å². The first kappa shape index (κ1) is 25.4. The second-order valence-corrected chi connectivity index (χ2v) is 10.4. The third-order valence-electron chi connectivity index (χ3n) is 5.94. The molecular formula is C28H39NO4. The fraction of sp³-hybridized carbons (Fsp3) is 0.536. The van der Waals surface area contributed by atoms with Gasteiger partial charge in [0.1, 0.15) is 11.7 Å². The third kappa shape index (κ3) is 7.13. The summed E-state index contributed by atoms with van der Waals surface area (Å²) in [6.45, 7) is 14.4. The number of ether oxygens (including phenoxy) is 3. The molecule has 4 atom stereocenters. The molecule has 0 spiro atoms. The van der Waals surface area contributed by atoms with E-state index in [1.54, 1.807) is 0 Å². The number of carbonyl (C=O) groups excluding carboxylic acids is 1. The van der Waals surface area contributed by atoms with Gasteiger partial charge >= 0.3 is 5.97 Å². The van der Waals surface area contributed by atoms with E-state index in [-0.39, 0.29) is 36.7 Å². The van der Waals surface area contributed by atoms with E-state index < -0.39 is 11.4 Å². The Morgan fingerprint density at radius 3 is 2.12 bits per heavy atom. The van der Waals surface area contributed by atoms with Gasteiger partial charge in [0.05, 0.1) is 12.5 Å². The number of hydrogen-bond acceptors (Lipinski definition) is 5. The lowest BCUT2D eigenvalue weighted by Gasteiger charge is -2.40. The van der Waals surface area contributed by atoms with E-state index in [1.807, 2.05) is 65.8 Å². The Bertz CT molecular complexity index is 891. The second kappa shape index (κ2) is 10.4. The van der Waals surface area contributed by atoms with Crippen LogP contribution in [0.3, 0.4) is 0 Å². The van der Waals surface area contributed by atoms with Gasteiger partial charge in [0.2, 0.25) is 0 Å². The Morgan fingerprint density at radius 2 is 1.61 bits per heavy atom. The molecule has 1 aliphatic heterocycles. The standard InChI is InChI=1S/C28H39NO4/c1-20(23-16-12-9-13-17-23)29(19-22-14-10-8-11-15-22)24(18-25(30)32-27(3,4)5)26-21(2)31-28(6,7)33-26/h8-17,20-21,24,26H,18-19H2,1-7H3/t20-,21-,24-,26+/m0/s1.